The molecule has 3 atom stereocenters. The van der Waals surface area contributed by atoms with E-state index in [1.165, 1.54) is 25.8 Å². The molecule has 1 fully saturated rings. The first-order valence-corrected chi connectivity index (χ1v) is 6.94. The summed E-state index contributed by atoms with van der Waals surface area (Å²) in [5.74, 6) is 1.97. The maximum absolute atomic E-state index is 3.48. The average Bonchev–Trinajstić information content (AvgIpc) is 2.88. The minimum Gasteiger partial charge on any atom is -0.315 e. The highest BCUT2D eigenvalue weighted by molar-refractivity contribution is 4.85. The largest absolute Gasteiger partial charge is 0.315 e. The van der Waals surface area contributed by atoms with Crippen LogP contribution in [0.5, 0.6) is 0 Å². The maximum Gasteiger partial charge on any atom is 0.00644 e. The molecule has 1 rings (SSSR count). The van der Waals surface area contributed by atoms with Gasteiger partial charge in [-0.3, -0.25) is 0 Å². The summed E-state index contributed by atoms with van der Waals surface area (Å²) >= 11 is 0. The molecular weight excluding hydrogens is 196 g/mol. The molecule has 1 N–H and O–H groups in total. The molecule has 0 radical (unpaired) electrons. The fourth-order valence-corrected chi connectivity index (χ4v) is 2.21. The van der Waals surface area contributed by atoms with Crippen LogP contribution in [0, 0.1) is 11.8 Å². The van der Waals surface area contributed by atoms with Crippen LogP contribution in [0.25, 0.3) is 0 Å². The van der Waals surface area contributed by atoms with E-state index in [0.717, 1.165) is 24.4 Å². The fourth-order valence-electron chi connectivity index (χ4n) is 2.21. The van der Waals surface area contributed by atoms with E-state index in [0.29, 0.717) is 6.04 Å². The highest BCUT2D eigenvalue weighted by atomic mass is 15.1. The molecule has 16 heavy (non-hydrogen) atoms. The van der Waals surface area contributed by atoms with Crippen LogP contribution >= 0.6 is 0 Å². The molecule has 1 aliphatic rings. The van der Waals surface area contributed by atoms with E-state index in [4.69, 9.17) is 0 Å². The highest BCUT2D eigenvalue weighted by Gasteiger charge is 2.33. The molecule has 2 nitrogen and oxygen atoms in total. The second-order valence-corrected chi connectivity index (χ2v) is 6.01. The summed E-state index contributed by atoms with van der Waals surface area (Å²) in [6.45, 7) is 11.6. The molecule has 0 aromatic heterocycles. The number of nitrogens with zero attached hydrogens (tertiary/aromatic N) is 1. The van der Waals surface area contributed by atoms with Gasteiger partial charge in [-0.05, 0) is 51.6 Å². The molecule has 96 valence electrons. The van der Waals surface area contributed by atoms with E-state index in [1.807, 2.05) is 0 Å². The Morgan fingerprint density at radius 1 is 1.31 bits per heavy atom. The molecule has 0 aromatic rings. The number of hydrogen-bond acceptors (Lipinski definition) is 2. The Balaban J connectivity index is 2.02. The van der Waals surface area contributed by atoms with Crippen LogP contribution in [-0.2, 0) is 0 Å². The van der Waals surface area contributed by atoms with E-state index in [9.17, 15) is 0 Å². The van der Waals surface area contributed by atoms with Gasteiger partial charge >= 0.3 is 0 Å². The highest BCUT2D eigenvalue weighted by Crippen LogP contribution is 2.38. The Labute approximate surface area is 102 Å². The van der Waals surface area contributed by atoms with Crippen LogP contribution in [0.15, 0.2) is 0 Å². The molecule has 1 aliphatic carbocycles. The normalized spacial score (nSPS) is 26.4. The Morgan fingerprint density at radius 2 is 1.94 bits per heavy atom. The van der Waals surface area contributed by atoms with Crippen LogP contribution in [-0.4, -0.2) is 37.1 Å². The second-order valence-electron chi connectivity index (χ2n) is 6.01. The van der Waals surface area contributed by atoms with Crippen molar-refractivity contribution in [2.24, 2.45) is 11.8 Å². The molecule has 0 spiro atoms. The summed E-state index contributed by atoms with van der Waals surface area (Å²) in [7, 11) is 2.28. The standard InChI is InChI=1S/C14H30N2/c1-11(2)15-8-6-7-13(4)16(5)10-14-9-12(14)3/h11-15H,6-10H2,1-5H3. The van der Waals surface area contributed by atoms with Gasteiger partial charge in [-0.25, -0.2) is 0 Å². The van der Waals surface area contributed by atoms with Crippen molar-refractivity contribution in [2.75, 3.05) is 20.1 Å². The van der Waals surface area contributed by atoms with Gasteiger partial charge in [0.25, 0.3) is 0 Å². The molecule has 0 aromatic carbocycles. The van der Waals surface area contributed by atoms with Gasteiger partial charge in [0.05, 0.1) is 0 Å². The number of rotatable bonds is 8. The lowest BCUT2D eigenvalue weighted by Crippen LogP contribution is -2.32. The molecular formula is C14H30N2. The molecule has 0 aliphatic heterocycles. The lowest BCUT2D eigenvalue weighted by atomic mass is 10.1. The average molecular weight is 226 g/mol. The van der Waals surface area contributed by atoms with E-state index < -0.39 is 0 Å². The topological polar surface area (TPSA) is 15.3 Å². The van der Waals surface area contributed by atoms with Gasteiger partial charge in [-0.1, -0.05) is 20.8 Å². The smallest absolute Gasteiger partial charge is 0.00644 e. The SMILES string of the molecule is CC(C)NCCCC(C)N(C)CC1CC1C. The van der Waals surface area contributed by atoms with Crippen molar-refractivity contribution in [3.05, 3.63) is 0 Å². The third-order valence-corrected chi connectivity index (χ3v) is 3.90. The minimum absolute atomic E-state index is 0.625. The van der Waals surface area contributed by atoms with Crippen LogP contribution < -0.4 is 5.32 Å². The van der Waals surface area contributed by atoms with Crippen molar-refractivity contribution in [1.29, 1.82) is 0 Å². The Kier molecular flexibility index (Phi) is 5.77. The van der Waals surface area contributed by atoms with Gasteiger partial charge in [0.15, 0.2) is 0 Å². The zero-order chi connectivity index (χ0) is 12.1. The molecule has 3 unspecified atom stereocenters. The summed E-state index contributed by atoms with van der Waals surface area (Å²) in [4.78, 5) is 2.55. The lowest BCUT2D eigenvalue weighted by molar-refractivity contribution is 0.230. The summed E-state index contributed by atoms with van der Waals surface area (Å²) < 4.78 is 0. The fraction of sp³-hybridized carbons (Fsp3) is 1.00. The molecule has 0 heterocycles. The molecule has 0 saturated heterocycles. The summed E-state index contributed by atoms with van der Waals surface area (Å²) in [5, 5.41) is 3.48. The summed E-state index contributed by atoms with van der Waals surface area (Å²) in [6.07, 6.45) is 4.06. The first kappa shape index (κ1) is 14.0. The second kappa shape index (κ2) is 6.61. The van der Waals surface area contributed by atoms with Crippen LogP contribution in [0.3, 0.4) is 0 Å². The van der Waals surface area contributed by atoms with E-state index in [1.54, 1.807) is 0 Å². The Bertz CT molecular complexity index is 191. The molecule has 0 bridgehead atoms. The third kappa shape index (κ3) is 5.31. The molecule has 2 heteroatoms. The lowest BCUT2D eigenvalue weighted by Gasteiger charge is -2.25. The van der Waals surface area contributed by atoms with E-state index in [2.05, 4.69) is 45.0 Å². The summed E-state index contributed by atoms with van der Waals surface area (Å²) in [6, 6.07) is 1.36. The van der Waals surface area contributed by atoms with Crippen LogP contribution in [0.4, 0.5) is 0 Å². The third-order valence-electron chi connectivity index (χ3n) is 3.90. The van der Waals surface area contributed by atoms with Crippen molar-refractivity contribution in [3.8, 4) is 0 Å². The van der Waals surface area contributed by atoms with Crippen LogP contribution in [0.2, 0.25) is 0 Å². The Morgan fingerprint density at radius 3 is 2.44 bits per heavy atom. The van der Waals surface area contributed by atoms with Gasteiger partial charge in [0.2, 0.25) is 0 Å². The monoisotopic (exact) mass is 226 g/mol. The summed E-state index contributed by atoms with van der Waals surface area (Å²) in [5.41, 5.74) is 0. The van der Waals surface area contributed by atoms with E-state index >= 15 is 0 Å². The van der Waals surface area contributed by atoms with Gasteiger partial charge < -0.3 is 10.2 Å². The van der Waals surface area contributed by atoms with E-state index in [-0.39, 0.29) is 0 Å². The predicted molar refractivity (Wildman–Crippen MR) is 71.7 cm³/mol. The van der Waals surface area contributed by atoms with Gasteiger partial charge in [-0.15, -0.1) is 0 Å². The predicted octanol–water partition coefficient (Wildman–Crippen LogP) is 2.74. The first-order valence-electron chi connectivity index (χ1n) is 6.94. The van der Waals surface area contributed by atoms with Crippen molar-refractivity contribution >= 4 is 0 Å². The van der Waals surface area contributed by atoms with Crippen molar-refractivity contribution in [3.63, 3.8) is 0 Å². The van der Waals surface area contributed by atoms with Gasteiger partial charge in [-0.2, -0.15) is 0 Å². The van der Waals surface area contributed by atoms with Crippen molar-refractivity contribution in [2.45, 2.75) is 59.0 Å². The first-order chi connectivity index (χ1) is 7.50. The maximum atomic E-state index is 3.48. The van der Waals surface area contributed by atoms with Gasteiger partial charge in [0.1, 0.15) is 0 Å². The van der Waals surface area contributed by atoms with Crippen molar-refractivity contribution < 1.29 is 0 Å². The Hall–Kier alpha value is -0.0800. The van der Waals surface area contributed by atoms with Gasteiger partial charge in [0, 0.05) is 18.6 Å². The zero-order valence-corrected chi connectivity index (χ0v) is 11.8. The quantitative estimate of drug-likeness (QED) is 0.640. The number of nitrogens with one attached hydrogen (secondary N) is 1. The molecule has 0 amide bonds. The zero-order valence-electron chi connectivity index (χ0n) is 11.8. The molecule has 1 saturated carbocycles. The van der Waals surface area contributed by atoms with Crippen molar-refractivity contribution in [1.82, 2.24) is 10.2 Å². The van der Waals surface area contributed by atoms with Crippen LogP contribution in [0.1, 0.15) is 47.0 Å². The minimum atomic E-state index is 0.625. The number of hydrogen-bond donors (Lipinski definition) is 1.